The number of aliphatic hydroxyl groups excluding tert-OH is 1. The minimum Gasteiger partial charge on any atom is -0.458 e. The van der Waals surface area contributed by atoms with E-state index in [1.54, 1.807) is 6.92 Å². The molecule has 1 N–H and O–H groups in total. The molecule has 1 heterocycles. The highest BCUT2D eigenvalue weighted by Crippen LogP contribution is 2.19. The molecule has 0 aromatic carbocycles. The van der Waals surface area contributed by atoms with E-state index in [0.717, 1.165) is 5.57 Å². The van der Waals surface area contributed by atoms with Crippen molar-refractivity contribution in [3.05, 3.63) is 11.1 Å². The minimum atomic E-state index is -0.648. The fourth-order valence-electron chi connectivity index (χ4n) is 1.13. The fourth-order valence-corrected chi connectivity index (χ4v) is 1.13. The maximum absolute atomic E-state index is 10.9. The Morgan fingerprint density at radius 2 is 2.36 bits per heavy atom. The van der Waals surface area contributed by atoms with Crippen LogP contribution in [0.2, 0.25) is 0 Å². The molecule has 0 aromatic rings. The number of aliphatic hydroxyl groups is 1. The highest BCUT2D eigenvalue weighted by Gasteiger charge is 2.26. The third kappa shape index (κ3) is 1.43. The number of hydrogen-bond donors (Lipinski definition) is 1. The summed E-state index contributed by atoms with van der Waals surface area (Å²) in [6.07, 6.45) is -0.0908. The predicted molar refractivity (Wildman–Crippen MR) is 40.0 cm³/mol. The van der Waals surface area contributed by atoms with Crippen LogP contribution in [0, 0.1) is 0 Å². The third-order valence-corrected chi connectivity index (χ3v) is 1.82. The molecule has 11 heavy (non-hydrogen) atoms. The van der Waals surface area contributed by atoms with Crippen molar-refractivity contribution >= 4 is 5.97 Å². The number of esters is 1. The van der Waals surface area contributed by atoms with Crippen LogP contribution in [-0.4, -0.2) is 23.8 Å². The molecule has 0 fully saturated rings. The van der Waals surface area contributed by atoms with Gasteiger partial charge in [-0.1, -0.05) is 6.92 Å². The molecule has 1 atom stereocenters. The topological polar surface area (TPSA) is 46.5 Å². The third-order valence-electron chi connectivity index (χ3n) is 1.82. The van der Waals surface area contributed by atoms with Crippen LogP contribution in [0.4, 0.5) is 0 Å². The van der Waals surface area contributed by atoms with Crippen molar-refractivity contribution in [1.82, 2.24) is 0 Å². The van der Waals surface area contributed by atoms with Crippen molar-refractivity contribution < 1.29 is 14.6 Å². The zero-order valence-electron chi connectivity index (χ0n) is 6.76. The number of rotatable bonds is 2. The van der Waals surface area contributed by atoms with Gasteiger partial charge in [-0.15, -0.1) is 0 Å². The van der Waals surface area contributed by atoms with E-state index in [9.17, 15) is 9.90 Å². The summed E-state index contributed by atoms with van der Waals surface area (Å²) in [7, 11) is 0. The molecule has 3 heteroatoms. The lowest BCUT2D eigenvalue weighted by atomic mass is 10.0. The molecule has 3 nitrogen and oxygen atoms in total. The Kier molecular flexibility index (Phi) is 2.29. The summed E-state index contributed by atoms with van der Waals surface area (Å²) in [5.41, 5.74) is 1.30. The second kappa shape index (κ2) is 3.05. The van der Waals surface area contributed by atoms with Crippen LogP contribution in [0.15, 0.2) is 11.1 Å². The van der Waals surface area contributed by atoms with Gasteiger partial charge >= 0.3 is 5.97 Å². The second-order valence-corrected chi connectivity index (χ2v) is 2.69. The summed E-state index contributed by atoms with van der Waals surface area (Å²) in [4.78, 5) is 10.9. The Morgan fingerprint density at radius 1 is 1.73 bits per heavy atom. The van der Waals surface area contributed by atoms with E-state index in [2.05, 4.69) is 0 Å². The van der Waals surface area contributed by atoms with Crippen molar-refractivity contribution in [2.75, 3.05) is 6.61 Å². The minimum absolute atomic E-state index is 0.339. The van der Waals surface area contributed by atoms with Crippen molar-refractivity contribution in [3.63, 3.8) is 0 Å². The normalized spacial score (nSPS) is 20.5. The van der Waals surface area contributed by atoms with E-state index in [0.29, 0.717) is 18.6 Å². The van der Waals surface area contributed by atoms with Crippen molar-refractivity contribution in [1.29, 1.82) is 0 Å². The standard InChI is InChI=1S/C8H12O3/c1-3-6(9)7-5(2)4-11-8(7)10/h6,9H,3-4H2,1-2H3/t6-/m1/s1. The molecule has 1 rings (SSSR count). The van der Waals surface area contributed by atoms with Gasteiger partial charge in [-0.3, -0.25) is 0 Å². The summed E-state index contributed by atoms with van der Waals surface area (Å²) in [5.74, 6) is -0.364. The maximum Gasteiger partial charge on any atom is 0.337 e. The fraction of sp³-hybridized carbons (Fsp3) is 0.625. The molecule has 1 aliphatic rings. The van der Waals surface area contributed by atoms with E-state index < -0.39 is 6.10 Å². The molecule has 0 saturated heterocycles. The lowest BCUT2D eigenvalue weighted by Gasteiger charge is -2.05. The predicted octanol–water partition coefficient (Wildman–Crippen LogP) is 0.631. The van der Waals surface area contributed by atoms with E-state index in [-0.39, 0.29) is 5.97 Å². The van der Waals surface area contributed by atoms with E-state index in [1.165, 1.54) is 0 Å². The quantitative estimate of drug-likeness (QED) is 0.596. The molecule has 0 bridgehead atoms. The average Bonchev–Trinajstić information content (AvgIpc) is 2.30. The first kappa shape index (κ1) is 8.27. The van der Waals surface area contributed by atoms with Gasteiger partial charge in [0.15, 0.2) is 0 Å². The zero-order valence-corrected chi connectivity index (χ0v) is 6.76. The van der Waals surface area contributed by atoms with E-state index >= 15 is 0 Å². The molecular formula is C8H12O3. The Balaban J connectivity index is 2.82. The summed E-state index contributed by atoms with van der Waals surface area (Å²) >= 11 is 0. The van der Waals surface area contributed by atoms with Crippen molar-refractivity contribution in [2.24, 2.45) is 0 Å². The van der Waals surface area contributed by atoms with Gasteiger partial charge in [0.2, 0.25) is 0 Å². The van der Waals surface area contributed by atoms with Crippen LogP contribution in [-0.2, 0) is 9.53 Å². The Bertz CT molecular complexity index is 205. The molecule has 0 unspecified atom stereocenters. The molecule has 0 aromatic heterocycles. The van der Waals surface area contributed by atoms with Gasteiger partial charge in [0, 0.05) is 0 Å². The van der Waals surface area contributed by atoms with Crippen LogP contribution >= 0.6 is 0 Å². The smallest absolute Gasteiger partial charge is 0.337 e. The first-order valence-corrected chi connectivity index (χ1v) is 3.71. The number of carbonyl (C=O) groups is 1. The van der Waals surface area contributed by atoms with Crippen LogP contribution in [0.25, 0.3) is 0 Å². The highest BCUT2D eigenvalue weighted by molar-refractivity contribution is 5.92. The van der Waals surface area contributed by atoms with Gasteiger partial charge in [0.1, 0.15) is 6.61 Å². The van der Waals surface area contributed by atoms with Crippen molar-refractivity contribution in [3.8, 4) is 0 Å². The lowest BCUT2D eigenvalue weighted by Crippen LogP contribution is -2.15. The summed E-state index contributed by atoms with van der Waals surface area (Å²) in [5, 5.41) is 9.34. The van der Waals surface area contributed by atoms with Crippen LogP contribution < -0.4 is 0 Å². The molecule has 0 aliphatic carbocycles. The number of cyclic esters (lactones) is 1. The van der Waals surface area contributed by atoms with Crippen LogP contribution in [0.5, 0.6) is 0 Å². The van der Waals surface area contributed by atoms with Crippen molar-refractivity contribution in [2.45, 2.75) is 26.4 Å². The van der Waals surface area contributed by atoms with Gasteiger partial charge in [-0.2, -0.15) is 0 Å². The first-order valence-electron chi connectivity index (χ1n) is 3.71. The molecule has 1 aliphatic heterocycles. The van der Waals surface area contributed by atoms with Gasteiger partial charge in [0.05, 0.1) is 11.7 Å². The number of carbonyl (C=O) groups excluding carboxylic acids is 1. The summed E-state index contributed by atoms with van der Waals surface area (Å²) < 4.78 is 4.73. The number of hydrogen-bond acceptors (Lipinski definition) is 3. The molecule has 0 spiro atoms. The first-order chi connectivity index (χ1) is 5.16. The van der Waals surface area contributed by atoms with E-state index in [4.69, 9.17) is 4.74 Å². The molecule has 0 amide bonds. The van der Waals surface area contributed by atoms with Crippen LogP contribution in [0.3, 0.4) is 0 Å². The zero-order chi connectivity index (χ0) is 8.43. The van der Waals surface area contributed by atoms with Gasteiger partial charge in [0.25, 0.3) is 0 Å². The summed E-state index contributed by atoms with van der Waals surface area (Å²) in [6, 6.07) is 0. The lowest BCUT2D eigenvalue weighted by molar-refractivity contribution is -0.136. The van der Waals surface area contributed by atoms with Gasteiger partial charge < -0.3 is 9.84 Å². The Labute approximate surface area is 65.7 Å². The van der Waals surface area contributed by atoms with Crippen LogP contribution in [0.1, 0.15) is 20.3 Å². The Morgan fingerprint density at radius 3 is 2.73 bits per heavy atom. The van der Waals surface area contributed by atoms with E-state index in [1.807, 2.05) is 6.92 Å². The molecular weight excluding hydrogens is 144 g/mol. The second-order valence-electron chi connectivity index (χ2n) is 2.69. The number of ether oxygens (including phenoxy) is 1. The molecule has 0 radical (unpaired) electrons. The SMILES string of the molecule is CC[C@@H](O)C1=C(C)COC1=O. The monoisotopic (exact) mass is 156 g/mol. The molecule has 62 valence electrons. The average molecular weight is 156 g/mol. The van der Waals surface area contributed by atoms with Gasteiger partial charge in [-0.25, -0.2) is 4.79 Å². The highest BCUT2D eigenvalue weighted by atomic mass is 16.5. The van der Waals surface area contributed by atoms with Gasteiger partial charge in [-0.05, 0) is 18.9 Å². The summed E-state index contributed by atoms with van der Waals surface area (Å²) in [6.45, 7) is 3.97. The largest absolute Gasteiger partial charge is 0.458 e. The Hall–Kier alpha value is -0.830. The molecule has 0 saturated carbocycles. The maximum atomic E-state index is 10.9.